The van der Waals surface area contributed by atoms with Crippen LogP contribution in [0.1, 0.15) is 26.4 Å². The fourth-order valence-electron chi connectivity index (χ4n) is 4.41. The molecule has 0 saturated carbocycles. The van der Waals surface area contributed by atoms with E-state index in [-0.39, 0.29) is 5.75 Å². The monoisotopic (exact) mass is 549 g/mol. The highest BCUT2D eigenvalue weighted by atomic mass is 16.6. The highest BCUT2D eigenvalue weighted by Gasteiger charge is 2.21. The number of carbonyl (C=O) groups is 2. The number of ether oxygens (including phenoxy) is 4. The number of carbonyl (C=O) groups excluding carboxylic acids is 2. The number of amides is 1. The Labute approximate surface area is 236 Å². The molecule has 5 aromatic rings. The molecule has 9 nitrogen and oxygen atoms in total. The summed E-state index contributed by atoms with van der Waals surface area (Å²) in [6.45, 7) is 0. The largest absolute Gasteiger partial charge is 0.497 e. The number of hydrazone groups is 1. The molecule has 0 radical (unpaired) electrons. The lowest BCUT2D eigenvalue weighted by molar-refractivity contribution is 0.0729. The Kier molecular flexibility index (Phi) is 7.96. The first-order chi connectivity index (χ1) is 20.0. The number of fused-ring (bicyclic) bond motifs is 1. The maximum atomic E-state index is 13.3. The van der Waals surface area contributed by atoms with E-state index in [4.69, 9.17) is 18.9 Å². The summed E-state index contributed by atoms with van der Waals surface area (Å²) in [7, 11) is 4.58. The summed E-state index contributed by atoms with van der Waals surface area (Å²) in [6.07, 6.45) is 1.47. The van der Waals surface area contributed by atoms with Crippen LogP contribution in [0.15, 0.2) is 96.1 Å². The van der Waals surface area contributed by atoms with Gasteiger partial charge in [-0.25, -0.2) is 10.2 Å². The SMILES string of the molecule is COc1cccc(C(=O)Oc2ccc(C=NNC(=O)c3[nH]c4c(OC)cccc4c3-c3ccccc3)cc2OC)c1. The summed E-state index contributed by atoms with van der Waals surface area (Å²) in [4.78, 5) is 29.1. The Balaban J connectivity index is 1.35. The van der Waals surface area contributed by atoms with Crippen LogP contribution in [-0.4, -0.2) is 44.4 Å². The molecule has 0 bridgehead atoms. The summed E-state index contributed by atoms with van der Waals surface area (Å²) < 4.78 is 21.6. The predicted molar refractivity (Wildman–Crippen MR) is 156 cm³/mol. The molecule has 41 heavy (non-hydrogen) atoms. The van der Waals surface area contributed by atoms with Crippen LogP contribution in [0.2, 0.25) is 0 Å². The second-order valence-corrected chi connectivity index (χ2v) is 8.85. The third kappa shape index (κ3) is 5.74. The van der Waals surface area contributed by atoms with Crippen LogP contribution in [0.25, 0.3) is 22.0 Å². The number of hydrogen-bond acceptors (Lipinski definition) is 7. The Hall–Kier alpha value is -5.57. The molecule has 0 fully saturated rings. The van der Waals surface area contributed by atoms with Crippen molar-refractivity contribution in [1.29, 1.82) is 0 Å². The summed E-state index contributed by atoms with van der Waals surface area (Å²) in [5, 5.41) is 5.00. The van der Waals surface area contributed by atoms with Crippen molar-refractivity contribution in [1.82, 2.24) is 10.4 Å². The molecule has 0 aliphatic heterocycles. The number of H-pyrrole nitrogens is 1. The van der Waals surface area contributed by atoms with Gasteiger partial charge in [-0.3, -0.25) is 4.79 Å². The van der Waals surface area contributed by atoms with Crippen LogP contribution in [0, 0.1) is 0 Å². The van der Waals surface area contributed by atoms with Gasteiger partial charge >= 0.3 is 5.97 Å². The number of nitrogens with zero attached hydrogens (tertiary/aromatic N) is 1. The molecule has 0 spiro atoms. The van der Waals surface area contributed by atoms with E-state index >= 15 is 0 Å². The molecular weight excluding hydrogens is 522 g/mol. The van der Waals surface area contributed by atoms with Crippen molar-refractivity contribution in [2.24, 2.45) is 5.10 Å². The molecule has 2 N–H and O–H groups in total. The standard InChI is InChI=1S/C32H27N3O6/c1-38-23-12-7-11-22(18-23)32(37)41-25-16-15-20(17-27(25)40-3)19-33-35-31(36)30-28(21-9-5-4-6-10-21)24-13-8-14-26(39-2)29(24)34-30/h4-19,34H,1-3H3,(H,35,36). The van der Waals surface area contributed by atoms with Gasteiger partial charge in [-0.2, -0.15) is 5.10 Å². The smallest absolute Gasteiger partial charge is 0.343 e. The zero-order valence-corrected chi connectivity index (χ0v) is 22.6. The molecule has 5 rings (SSSR count). The second-order valence-electron chi connectivity index (χ2n) is 8.85. The molecule has 1 amide bonds. The maximum absolute atomic E-state index is 13.3. The van der Waals surface area contributed by atoms with Gasteiger partial charge in [0.05, 0.1) is 38.6 Å². The topological polar surface area (TPSA) is 111 Å². The first kappa shape index (κ1) is 27.0. The van der Waals surface area contributed by atoms with Crippen molar-refractivity contribution in [3.8, 4) is 34.1 Å². The predicted octanol–water partition coefficient (Wildman–Crippen LogP) is 5.84. The van der Waals surface area contributed by atoms with E-state index in [1.165, 1.54) is 20.4 Å². The average molecular weight is 550 g/mol. The van der Waals surface area contributed by atoms with Gasteiger partial charge in [0.25, 0.3) is 5.91 Å². The maximum Gasteiger partial charge on any atom is 0.343 e. The van der Waals surface area contributed by atoms with E-state index in [1.807, 2.05) is 48.5 Å². The third-order valence-corrected chi connectivity index (χ3v) is 6.38. The van der Waals surface area contributed by atoms with Gasteiger partial charge < -0.3 is 23.9 Å². The van der Waals surface area contributed by atoms with Crippen molar-refractivity contribution < 1.29 is 28.5 Å². The molecule has 0 saturated heterocycles. The van der Waals surface area contributed by atoms with Crippen molar-refractivity contribution in [3.63, 3.8) is 0 Å². The number of para-hydroxylation sites is 1. The number of methoxy groups -OCH3 is 3. The minimum absolute atomic E-state index is 0.237. The fraction of sp³-hybridized carbons (Fsp3) is 0.0938. The van der Waals surface area contributed by atoms with E-state index in [9.17, 15) is 9.59 Å². The highest BCUT2D eigenvalue weighted by molar-refractivity contribution is 6.11. The van der Waals surface area contributed by atoms with Crippen LogP contribution in [0.5, 0.6) is 23.0 Å². The fourth-order valence-corrected chi connectivity index (χ4v) is 4.41. The molecule has 1 heterocycles. The van der Waals surface area contributed by atoms with Gasteiger partial charge in [-0.15, -0.1) is 0 Å². The van der Waals surface area contributed by atoms with Crippen LogP contribution in [0.4, 0.5) is 0 Å². The van der Waals surface area contributed by atoms with Crippen molar-refractivity contribution in [2.45, 2.75) is 0 Å². The Morgan fingerprint density at radius 3 is 2.32 bits per heavy atom. The Morgan fingerprint density at radius 2 is 1.56 bits per heavy atom. The molecule has 0 unspecified atom stereocenters. The van der Waals surface area contributed by atoms with Gasteiger partial charge in [0.1, 0.15) is 17.2 Å². The quantitative estimate of drug-likeness (QED) is 0.103. The van der Waals surface area contributed by atoms with E-state index in [2.05, 4.69) is 15.5 Å². The van der Waals surface area contributed by atoms with Crippen molar-refractivity contribution in [3.05, 3.63) is 108 Å². The Bertz CT molecular complexity index is 1740. The number of esters is 1. The summed E-state index contributed by atoms with van der Waals surface area (Å²) >= 11 is 0. The average Bonchev–Trinajstić information content (AvgIpc) is 3.42. The van der Waals surface area contributed by atoms with E-state index < -0.39 is 11.9 Å². The van der Waals surface area contributed by atoms with E-state index in [0.29, 0.717) is 39.6 Å². The molecular formula is C32H27N3O6. The van der Waals surface area contributed by atoms with Gasteiger partial charge in [-0.1, -0.05) is 48.5 Å². The van der Waals surface area contributed by atoms with Crippen molar-refractivity contribution in [2.75, 3.05) is 21.3 Å². The normalized spacial score (nSPS) is 10.9. The lowest BCUT2D eigenvalue weighted by Crippen LogP contribution is -2.18. The molecule has 0 atom stereocenters. The number of aromatic amines is 1. The van der Waals surface area contributed by atoms with E-state index in [1.54, 1.807) is 49.6 Å². The molecule has 0 aliphatic carbocycles. The first-order valence-corrected chi connectivity index (χ1v) is 12.6. The lowest BCUT2D eigenvalue weighted by Gasteiger charge is -2.10. The number of nitrogens with one attached hydrogen (secondary N) is 2. The van der Waals surface area contributed by atoms with Gasteiger partial charge in [-0.05, 0) is 53.6 Å². The lowest BCUT2D eigenvalue weighted by atomic mass is 10.0. The molecule has 9 heteroatoms. The zero-order chi connectivity index (χ0) is 28.8. The molecule has 0 aliphatic rings. The second kappa shape index (κ2) is 12.1. The number of hydrogen-bond donors (Lipinski definition) is 2. The van der Waals surface area contributed by atoms with Crippen molar-refractivity contribution >= 4 is 29.0 Å². The number of aromatic nitrogens is 1. The summed E-state index contributed by atoms with van der Waals surface area (Å²) in [6, 6.07) is 26.9. The van der Waals surface area contributed by atoms with Crippen LogP contribution < -0.4 is 24.4 Å². The molecule has 1 aromatic heterocycles. The van der Waals surface area contributed by atoms with E-state index in [0.717, 1.165) is 16.5 Å². The van der Waals surface area contributed by atoms with Gasteiger partial charge in [0, 0.05) is 10.9 Å². The minimum Gasteiger partial charge on any atom is -0.497 e. The number of benzene rings is 4. The summed E-state index contributed by atoms with van der Waals surface area (Å²) in [5.41, 5.74) is 6.24. The van der Waals surface area contributed by atoms with Gasteiger partial charge in [0.15, 0.2) is 11.5 Å². The van der Waals surface area contributed by atoms with Gasteiger partial charge in [0.2, 0.25) is 0 Å². The highest BCUT2D eigenvalue weighted by Crippen LogP contribution is 2.36. The first-order valence-electron chi connectivity index (χ1n) is 12.6. The van der Waals surface area contributed by atoms with Crippen LogP contribution in [0.3, 0.4) is 0 Å². The summed E-state index contributed by atoms with van der Waals surface area (Å²) in [5.74, 6) is 0.755. The molecule has 4 aromatic carbocycles. The minimum atomic E-state index is -0.555. The van der Waals surface area contributed by atoms with Crippen LogP contribution >= 0.6 is 0 Å². The third-order valence-electron chi connectivity index (χ3n) is 6.38. The zero-order valence-electron chi connectivity index (χ0n) is 22.6. The Morgan fingerprint density at radius 1 is 0.780 bits per heavy atom. The van der Waals surface area contributed by atoms with Crippen LogP contribution in [-0.2, 0) is 0 Å². The number of rotatable bonds is 9. The molecule has 206 valence electrons.